The Kier molecular flexibility index (Phi) is 11.1. The third-order valence-corrected chi connectivity index (χ3v) is 7.36. The molecular formula is C30H37N3O10. The van der Waals surface area contributed by atoms with Gasteiger partial charge in [-0.05, 0) is 42.2 Å². The van der Waals surface area contributed by atoms with Gasteiger partial charge >= 0.3 is 5.97 Å². The first-order chi connectivity index (χ1) is 20.7. The number of aliphatic hydroxyl groups excluding tert-OH is 4. The molecule has 13 heteroatoms. The Labute approximate surface area is 247 Å². The molecule has 2 aromatic carbocycles. The summed E-state index contributed by atoms with van der Waals surface area (Å²) in [5.41, 5.74) is 2.86. The van der Waals surface area contributed by atoms with Gasteiger partial charge in [0.05, 0.1) is 19.1 Å². The minimum atomic E-state index is -1.65. The number of carbonyl (C=O) groups is 3. The lowest BCUT2D eigenvalue weighted by Crippen LogP contribution is -2.59. The molecule has 1 aromatic heterocycles. The van der Waals surface area contributed by atoms with Crippen LogP contribution in [-0.4, -0.2) is 98.0 Å². The first kappa shape index (κ1) is 31.9. The van der Waals surface area contributed by atoms with E-state index >= 15 is 0 Å². The van der Waals surface area contributed by atoms with Gasteiger partial charge < -0.3 is 50.6 Å². The molecule has 0 unspecified atom stereocenters. The number of aromatic nitrogens is 1. The molecule has 2 heterocycles. The maximum absolute atomic E-state index is 13.0. The zero-order valence-corrected chi connectivity index (χ0v) is 23.4. The van der Waals surface area contributed by atoms with Crippen LogP contribution in [0, 0.1) is 0 Å². The van der Waals surface area contributed by atoms with E-state index in [1.807, 2.05) is 54.7 Å². The van der Waals surface area contributed by atoms with Gasteiger partial charge in [0.15, 0.2) is 0 Å². The fourth-order valence-corrected chi connectivity index (χ4v) is 4.96. The van der Waals surface area contributed by atoms with Crippen LogP contribution in [-0.2, 0) is 32.1 Å². The molecule has 6 atom stereocenters. The fourth-order valence-electron chi connectivity index (χ4n) is 4.96. The third-order valence-electron chi connectivity index (χ3n) is 7.36. The summed E-state index contributed by atoms with van der Waals surface area (Å²) in [7, 11) is 0. The summed E-state index contributed by atoms with van der Waals surface area (Å²) in [6, 6.07) is 14.3. The lowest BCUT2D eigenvalue weighted by molar-refractivity contribution is -0.229. The van der Waals surface area contributed by atoms with E-state index in [1.54, 1.807) is 0 Å². The minimum Gasteiger partial charge on any atom is -0.489 e. The number of carbonyl (C=O) groups excluding carboxylic acids is 2. The normalized spacial score (nSPS) is 22.6. The molecule has 1 fully saturated rings. The summed E-state index contributed by atoms with van der Waals surface area (Å²) in [5.74, 6) is -1.79. The Balaban J connectivity index is 1.33. The van der Waals surface area contributed by atoms with Crippen molar-refractivity contribution in [2.75, 3.05) is 13.2 Å². The molecule has 0 aliphatic carbocycles. The number of rotatable bonds is 14. The summed E-state index contributed by atoms with van der Waals surface area (Å²) >= 11 is 0. The third kappa shape index (κ3) is 8.52. The van der Waals surface area contributed by atoms with Crippen LogP contribution >= 0.6 is 0 Å². The highest BCUT2D eigenvalue weighted by atomic mass is 16.5. The van der Waals surface area contributed by atoms with Crippen LogP contribution in [0.5, 0.6) is 5.75 Å². The van der Waals surface area contributed by atoms with Crippen LogP contribution in [0.2, 0.25) is 0 Å². The largest absolute Gasteiger partial charge is 0.489 e. The van der Waals surface area contributed by atoms with Gasteiger partial charge in [-0.3, -0.25) is 14.4 Å². The molecule has 1 saturated heterocycles. The van der Waals surface area contributed by atoms with Gasteiger partial charge in [0.1, 0.15) is 42.8 Å². The summed E-state index contributed by atoms with van der Waals surface area (Å²) < 4.78 is 11.3. The number of nitrogens with one attached hydrogen (secondary N) is 3. The molecule has 2 amide bonds. The van der Waals surface area contributed by atoms with E-state index in [2.05, 4.69) is 15.6 Å². The van der Waals surface area contributed by atoms with Gasteiger partial charge in [-0.2, -0.15) is 0 Å². The maximum Gasteiger partial charge on any atom is 0.303 e. The lowest BCUT2D eigenvalue weighted by Gasteiger charge is -2.39. The molecule has 3 aromatic rings. The van der Waals surface area contributed by atoms with E-state index in [1.165, 1.54) is 0 Å². The zero-order valence-electron chi connectivity index (χ0n) is 23.4. The van der Waals surface area contributed by atoms with Crippen LogP contribution < -0.4 is 15.4 Å². The number of aliphatic carboxylic acids is 1. The van der Waals surface area contributed by atoms with Crippen molar-refractivity contribution in [1.29, 1.82) is 0 Å². The Bertz CT molecular complexity index is 1380. The van der Waals surface area contributed by atoms with Crippen molar-refractivity contribution < 1.29 is 49.4 Å². The number of aromatic amines is 1. The smallest absolute Gasteiger partial charge is 0.303 e. The molecule has 232 valence electrons. The highest BCUT2D eigenvalue weighted by Crippen LogP contribution is 2.25. The first-order valence-corrected chi connectivity index (χ1v) is 14.0. The number of amides is 2. The van der Waals surface area contributed by atoms with E-state index < -0.39 is 67.4 Å². The van der Waals surface area contributed by atoms with Crippen LogP contribution in [0.4, 0.5) is 0 Å². The number of carboxylic acid groups (broad SMARTS) is 1. The van der Waals surface area contributed by atoms with Crippen LogP contribution in [0.3, 0.4) is 0 Å². The van der Waals surface area contributed by atoms with Gasteiger partial charge in [-0.25, -0.2) is 0 Å². The highest BCUT2D eigenvalue weighted by Gasteiger charge is 2.44. The summed E-state index contributed by atoms with van der Waals surface area (Å²) in [4.78, 5) is 40.1. The van der Waals surface area contributed by atoms with Crippen molar-refractivity contribution in [2.45, 2.75) is 68.9 Å². The quantitative estimate of drug-likeness (QED) is 0.124. The van der Waals surface area contributed by atoms with Crippen LogP contribution in [0.15, 0.2) is 54.7 Å². The summed E-state index contributed by atoms with van der Waals surface area (Å²) in [6.07, 6.45) is -6.06. The van der Waals surface area contributed by atoms with Gasteiger partial charge in [-0.15, -0.1) is 0 Å². The Hall–Kier alpha value is -4.01. The number of ether oxygens (including phenoxy) is 2. The number of H-pyrrole nitrogens is 1. The molecule has 1 aliphatic rings. The molecular weight excluding hydrogens is 562 g/mol. The predicted octanol–water partition coefficient (Wildman–Crippen LogP) is -0.0123. The first-order valence-electron chi connectivity index (χ1n) is 14.0. The molecule has 0 spiro atoms. The van der Waals surface area contributed by atoms with Gasteiger partial charge in [0.2, 0.25) is 11.8 Å². The van der Waals surface area contributed by atoms with Gasteiger partial charge in [-0.1, -0.05) is 30.3 Å². The number of fused-ring (bicyclic) bond motifs is 1. The van der Waals surface area contributed by atoms with Crippen molar-refractivity contribution >= 4 is 28.7 Å². The Morgan fingerprint density at radius 3 is 2.47 bits per heavy atom. The molecule has 1 aliphatic heterocycles. The molecule has 13 nitrogen and oxygen atoms in total. The monoisotopic (exact) mass is 599 g/mol. The zero-order chi connectivity index (χ0) is 30.9. The second-order valence-electron chi connectivity index (χ2n) is 10.5. The van der Waals surface area contributed by atoms with Gasteiger partial charge in [0.25, 0.3) is 0 Å². The number of aliphatic hydroxyl groups is 4. The number of benzene rings is 2. The molecule has 0 saturated carbocycles. The average molecular weight is 600 g/mol. The number of hydrogen-bond donors (Lipinski definition) is 8. The van der Waals surface area contributed by atoms with E-state index in [0.717, 1.165) is 22.0 Å². The molecule has 4 rings (SSSR count). The van der Waals surface area contributed by atoms with Crippen LogP contribution in [0.25, 0.3) is 10.9 Å². The molecule has 43 heavy (non-hydrogen) atoms. The topological polar surface area (TPSA) is 211 Å². The molecule has 8 N–H and O–H groups in total. The second kappa shape index (κ2) is 14.9. The minimum absolute atomic E-state index is 0.184. The Morgan fingerprint density at radius 2 is 1.74 bits per heavy atom. The van der Waals surface area contributed by atoms with E-state index in [4.69, 9.17) is 14.6 Å². The summed E-state index contributed by atoms with van der Waals surface area (Å²) in [6.45, 7) is -0.0276. The van der Waals surface area contributed by atoms with E-state index in [9.17, 15) is 34.8 Å². The van der Waals surface area contributed by atoms with Crippen LogP contribution in [0.1, 0.15) is 30.4 Å². The average Bonchev–Trinajstić information content (AvgIpc) is 3.40. The van der Waals surface area contributed by atoms with E-state index in [-0.39, 0.29) is 19.4 Å². The SMILES string of the molecule is O=C(O)CC[C@H](NC(=O)C[C@@H]1O[C@H](CO)[C@@H](O)[C@H](O)[C@@H]1O)C(=O)NCCc1c[nH]c2ccc(OCc3ccccc3)cc12. The standard InChI is InChI=1S/C30H37N3O10/c34-15-24-28(39)29(40)27(38)23(43-24)13-25(35)33-22(8-9-26(36)37)30(41)31-11-10-18-14-32-21-7-6-19(12-20(18)21)42-16-17-4-2-1-3-5-17/h1-7,12,14,22-24,27-29,32,34,38-40H,8-11,13,15-16H2,(H,31,41)(H,33,35)(H,36,37)/t22-,23-,24+,27+,28+,29+/m0/s1. The number of carboxylic acids is 1. The number of hydrogen-bond acceptors (Lipinski definition) is 9. The fraction of sp³-hybridized carbons (Fsp3) is 0.433. The highest BCUT2D eigenvalue weighted by molar-refractivity contribution is 5.88. The van der Waals surface area contributed by atoms with Gasteiger partial charge in [0, 0.05) is 30.1 Å². The lowest BCUT2D eigenvalue weighted by atomic mass is 9.93. The van der Waals surface area contributed by atoms with Crippen molar-refractivity contribution in [3.05, 3.63) is 65.9 Å². The Morgan fingerprint density at radius 1 is 1.00 bits per heavy atom. The molecule has 0 bridgehead atoms. The van der Waals surface area contributed by atoms with Crippen molar-refractivity contribution in [3.8, 4) is 5.75 Å². The van der Waals surface area contributed by atoms with E-state index in [0.29, 0.717) is 18.8 Å². The van der Waals surface area contributed by atoms with Crippen molar-refractivity contribution in [2.24, 2.45) is 0 Å². The predicted molar refractivity (Wildman–Crippen MR) is 153 cm³/mol. The molecule has 0 radical (unpaired) electrons. The second-order valence-corrected chi connectivity index (χ2v) is 10.5. The maximum atomic E-state index is 13.0. The van der Waals surface area contributed by atoms with Crippen molar-refractivity contribution in [1.82, 2.24) is 15.6 Å². The summed E-state index contributed by atoms with van der Waals surface area (Å²) in [5, 5.41) is 54.7. The van der Waals surface area contributed by atoms with Crippen molar-refractivity contribution in [3.63, 3.8) is 0 Å².